The van der Waals surface area contributed by atoms with Crippen LogP contribution in [0, 0.1) is 5.92 Å². The molecule has 0 saturated heterocycles. The first-order chi connectivity index (χ1) is 17.2. The van der Waals surface area contributed by atoms with Crippen molar-refractivity contribution in [2.45, 2.75) is 96.3 Å². The fraction of sp³-hybridized carbons (Fsp3) is 0.531. The molecule has 0 amide bonds. The molecule has 1 aliphatic carbocycles. The number of carbonyl (C=O) groups excluding carboxylic acids is 1. The van der Waals surface area contributed by atoms with Crippen molar-refractivity contribution in [3.8, 4) is 11.5 Å². The van der Waals surface area contributed by atoms with Gasteiger partial charge in [0.25, 0.3) is 0 Å². The Morgan fingerprint density at radius 1 is 0.857 bits per heavy atom. The molecule has 3 nitrogen and oxygen atoms in total. The van der Waals surface area contributed by atoms with Crippen LogP contribution in [-0.4, -0.2) is 12.6 Å². The zero-order valence-electron chi connectivity index (χ0n) is 21.7. The molecule has 3 heteroatoms. The summed E-state index contributed by atoms with van der Waals surface area (Å²) in [6.45, 7) is 6.73. The minimum absolute atomic E-state index is 0.334. The Kier molecular flexibility index (Phi) is 11.9. The summed E-state index contributed by atoms with van der Waals surface area (Å²) in [4.78, 5) is 12.6. The van der Waals surface area contributed by atoms with E-state index in [-0.39, 0.29) is 5.97 Å². The van der Waals surface area contributed by atoms with Crippen LogP contribution in [-0.2, 0) is 0 Å². The molecule has 0 radical (unpaired) electrons. The van der Waals surface area contributed by atoms with Crippen LogP contribution in [0.2, 0.25) is 0 Å². The Hall–Kier alpha value is -2.55. The summed E-state index contributed by atoms with van der Waals surface area (Å²) in [6.07, 6.45) is 18.4. The molecule has 35 heavy (non-hydrogen) atoms. The fourth-order valence-electron chi connectivity index (χ4n) is 5.06. The first-order valence-electron chi connectivity index (χ1n) is 13.9. The van der Waals surface area contributed by atoms with Gasteiger partial charge in [0.2, 0.25) is 0 Å². The van der Waals surface area contributed by atoms with Crippen molar-refractivity contribution in [3.05, 3.63) is 72.3 Å². The Balaban J connectivity index is 1.39. The molecule has 190 valence electrons. The second kappa shape index (κ2) is 15.4. The lowest BCUT2D eigenvalue weighted by Crippen LogP contribution is -2.13. The summed E-state index contributed by atoms with van der Waals surface area (Å²) in [5.41, 5.74) is 1.91. The van der Waals surface area contributed by atoms with E-state index in [1.54, 1.807) is 12.1 Å². The number of hydrogen-bond donors (Lipinski definition) is 0. The average Bonchev–Trinajstić information content (AvgIpc) is 2.89. The minimum atomic E-state index is -0.334. The van der Waals surface area contributed by atoms with Crippen molar-refractivity contribution < 1.29 is 14.3 Å². The highest BCUT2D eigenvalue weighted by Gasteiger charge is 2.22. The van der Waals surface area contributed by atoms with Gasteiger partial charge >= 0.3 is 5.97 Å². The lowest BCUT2D eigenvalue weighted by Gasteiger charge is -2.29. The average molecular weight is 477 g/mol. The van der Waals surface area contributed by atoms with Crippen LogP contribution in [0.5, 0.6) is 11.5 Å². The molecule has 1 aliphatic rings. The predicted molar refractivity (Wildman–Crippen MR) is 145 cm³/mol. The number of rotatable bonds is 15. The number of ether oxygens (including phenoxy) is 2. The molecule has 0 bridgehead atoms. The van der Waals surface area contributed by atoms with Crippen LogP contribution in [0.4, 0.5) is 0 Å². The van der Waals surface area contributed by atoms with E-state index >= 15 is 0 Å². The van der Waals surface area contributed by atoms with Crippen LogP contribution in [0.25, 0.3) is 0 Å². The Labute approximate surface area is 212 Å². The van der Waals surface area contributed by atoms with Crippen LogP contribution < -0.4 is 9.47 Å². The van der Waals surface area contributed by atoms with Crippen molar-refractivity contribution in [2.75, 3.05) is 6.61 Å². The quantitative estimate of drug-likeness (QED) is 0.111. The number of unbranched alkanes of at least 4 members (excludes halogenated alkanes) is 6. The lowest BCUT2D eigenvalue weighted by molar-refractivity contribution is 0.0734. The molecular formula is C32H44O3. The molecule has 2 aromatic carbocycles. The highest BCUT2D eigenvalue weighted by molar-refractivity contribution is 5.91. The van der Waals surface area contributed by atoms with Crippen LogP contribution in [0.1, 0.15) is 112 Å². The first kappa shape index (κ1) is 27.0. The third kappa shape index (κ3) is 9.55. The van der Waals surface area contributed by atoms with Gasteiger partial charge in [0.15, 0.2) is 0 Å². The molecule has 0 N–H and O–H groups in total. The van der Waals surface area contributed by atoms with E-state index in [0.717, 1.165) is 30.9 Å². The maximum atomic E-state index is 12.6. The summed E-state index contributed by atoms with van der Waals surface area (Å²) >= 11 is 0. The minimum Gasteiger partial charge on any atom is -0.494 e. The molecule has 0 aliphatic heterocycles. The topological polar surface area (TPSA) is 35.5 Å². The molecule has 3 rings (SSSR count). The van der Waals surface area contributed by atoms with E-state index in [4.69, 9.17) is 9.47 Å². The molecule has 0 heterocycles. The van der Waals surface area contributed by atoms with E-state index in [2.05, 4.69) is 25.6 Å². The summed E-state index contributed by atoms with van der Waals surface area (Å²) in [5.74, 6) is 2.61. The zero-order chi connectivity index (χ0) is 24.7. The third-order valence-electron chi connectivity index (χ3n) is 7.29. The molecule has 0 atom stereocenters. The van der Waals surface area contributed by atoms with Crippen molar-refractivity contribution in [1.82, 2.24) is 0 Å². The zero-order valence-corrected chi connectivity index (χ0v) is 21.7. The monoisotopic (exact) mass is 476 g/mol. The summed E-state index contributed by atoms with van der Waals surface area (Å²) < 4.78 is 11.4. The number of esters is 1. The molecular weight excluding hydrogens is 432 g/mol. The van der Waals surface area contributed by atoms with Gasteiger partial charge in [0, 0.05) is 0 Å². The van der Waals surface area contributed by atoms with Crippen molar-refractivity contribution in [3.63, 3.8) is 0 Å². The van der Waals surface area contributed by atoms with Gasteiger partial charge in [-0.1, -0.05) is 63.7 Å². The van der Waals surface area contributed by atoms with Gasteiger partial charge in [-0.2, -0.15) is 0 Å². The molecule has 0 unspecified atom stereocenters. The number of carbonyl (C=O) groups is 1. The van der Waals surface area contributed by atoms with Gasteiger partial charge in [0.05, 0.1) is 12.2 Å². The summed E-state index contributed by atoms with van der Waals surface area (Å²) in [6, 6.07) is 15.4. The Morgan fingerprint density at radius 3 is 2.23 bits per heavy atom. The summed E-state index contributed by atoms with van der Waals surface area (Å²) in [5, 5.41) is 0. The SMILES string of the molecule is C=CCCCCCCOc1ccc(C(=O)Oc2ccc(C3CCC(CCCCC)CC3)cc2)cc1. The molecule has 2 aromatic rings. The Bertz CT molecular complexity index is 861. The van der Waals surface area contributed by atoms with Crippen molar-refractivity contribution in [2.24, 2.45) is 5.92 Å². The highest BCUT2D eigenvalue weighted by Crippen LogP contribution is 2.38. The van der Waals surface area contributed by atoms with E-state index in [1.165, 1.54) is 69.8 Å². The molecule has 1 saturated carbocycles. The predicted octanol–water partition coefficient (Wildman–Crippen LogP) is 9.28. The van der Waals surface area contributed by atoms with Crippen LogP contribution in [0.3, 0.4) is 0 Å². The molecule has 0 aromatic heterocycles. The van der Waals surface area contributed by atoms with Crippen LogP contribution in [0.15, 0.2) is 61.2 Å². The molecule has 1 fully saturated rings. The van der Waals surface area contributed by atoms with E-state index in [0.29, 0.717) is 23.8 Å². The Morgan fingerprint density at radius 2 is 1.54 bits per heavy atom. The van der Waals surface area contributed by atoms with E-state index < -0.39 is 0 Å². The van der Waals surface area contributed by atoms with Gasteiger partial charge in [-0.05, 0) is 98.7 Å². The van der Waals surface area contributed by atoms with Gasteiger partial charge in [-0.15, -0.1) is 6.58 Å². The largest absolute Gasteiger partial charge is 0.494 e. The van der Waals surface area contributed by atoms with Gasteiger partial charge in [-0.3, -0.25) is 0 Å². The fourth-order valence-corrected chi connectivity index (χ4v) is 5.06. The second-order valence-electron chi connectivity index (χ2n) is 10.0. The maximum absolute atomic E-state index is 12.6. The molecule has 0 spiro atoms. The normalized spacial score (nSPS) is 17.6. The number of benzene rings is 2. The van der Waals surface area contributed by atoms with E-state index in [9.17, 15) is 4.79 Å². The second-order valence-corrected chi connectivity index (χ2v) is 10.0. The smallest absolute Gasteiger partial charge is 0.343 e. The number of allylic oxidation sites excluding steroid dienone is 1. The number of hydrogen-bond acceptors (Lipinski definition) is 3. The summed E-state index contributed by atoms with van der Waals surface area (Å²) in [7, 11) is 0. The van der Waals surface area contributed by atoms with Crippen LogP contribution >= 0.6 is 0 Å². The van der Waals surface area contributed by atoms with Gasteiger partial charge < -0.3 is 9.47 Å². The van der Waals surface area contributed by atoms with Crippen molar-refractivity contribution >= 4 is 5.97 Å². The van der Waals surface area contributed by atoms with Gasteiger partial charge in [0.1, 0.15) is 11.5 Å². The standard InChI is InChI=1S/C32H44O3/c1-3-5-7-8-9-11-25-34-30-21-19-29(20-22-30)32(33)35-31-23-17-28(18-24-31)27-15-13-26(14-16-27)12-10-6-4-2/h3,17-24,26-27H,1,4-16,25H2,2H3. The highest BCUT2D eigenvalue weighted by atomic mass is 16.5. The van der Waals surface area contributed by atoms with Gasteiger partial charge in [-0.25, -0.2) is 4.79 Å². The maximum Gasteiger partial charge on any atom is 0.343 e. The lowest BCUT2D eigenvalue weighted by atomic mass is 9.77. The first-order valence-corrected chi connectivity index (χ1v) is 13.9. The van der Waals surface area contributed by atoms with Crippen molar-refractivity contribution in [1.29, 1.82) is 0 Å². The third-order valence-corrected chi connectivity index (χ3v) is 7.29. The van der Waals surface area contributed by atoms with E-state index in [1.807, 2.05) is 30.3 Å².